The van der Waals surface area contributed by atoms with Crippen LogP contribution in [0.5, 0.6) is 0 Å². The molecule has 1 saturated heterocycles. The van der Waals surface area contributed by atoms with Crippen LogP contribution in [0, 0.1) is 5.82 Å². The van der Waals surface area contributed by atoms with E-state index in [1.54, 1.807) is 0 Å². The van der Waals surface area contributed by atoms with E-state index in [-0.39, 0.29) is 17.6 Å². The molecule has 0 bridgehead atoms. The van der Waals surface area contributed by atoms with Gasteiger partial charge in [0.15, 0.2) is 0 Å². The first-order valence-corrected chi connectivity index (χ1v) is 6.53. The molecule has 0 radical (unpaired) electrons. The molecule has 0 aromatic heterocycles. The molecule has 1 aromatic rings. The van der Waals surface area contributed by atoms with Crippen LogP contribution in [0.4, 0.5) is 10.1 Å². The number of benzene rings is 1. The fourth-order valence-electron chi connectivity index (χ4n) is 2.42. The van der Waals surface area contributed by atoms with Crippen molar-refractivity contribution in [3.05, 3.63) is 29.6 Å². The van der Waals surface area contributed by atoms with Gasteiger partial charge in [-0.3, -0.25) is 4.79 Å². The predicted octanol–water partition coefficient (Wildman–Crippen LogP) is 1.62. The van der Waals surface area contributed by atoms with E-state index < -0.39 is 5.82 Å². The fraction of sp³-hybridized carbons (Fsp3) is 0.500. The van der Waals surface area contributed by atoms with Crippen LogP contribution in [0.1, 0.15) is 30.1 Å². The molecule has 5 heteroatoms. The first-order chi connectivity index (χ1) is 8.97. The monoisotopic (exact) mass is 265 g/mol. The topological polar surface area (TPSA) is 58.4 Å². The van der Waals surface area contributed by atoms with Gasteiger partial charge in [0.2, 0.25) is 0 Å². The maximum atomic E-state index is 12.9. The Labute approximate surface area is 112 Å². The van der Waals surface area contributed by atoms with E-state index >= 15 is 0 Å². The summed E-state index contributed by atoms with van der Waals surface area (Å²) >= 11 is 0. The summed E-state index contributed by atoms with van der Waals surface area (Å²) in [6.45, 7) is 3.11. The summed E-state index contributed by atoms with van der Waals surface area (Å²) in [6, 6.07) is 4.46. The van der Waals surface area contributed by atoms with Crippen molar-refractivity contribution in [1.29, 1.82) is 0 Å². The minimum Gasteiger partial charge on any atom is -0.398 e. The highest BCUT2D eigenvalue weighted by Gasteiger charge is 2.24. The van der Waals surface area contributed by atoms with Gasteiger partial charge in [-0.05, 0) is 45.0 Å². The number of halogens is 1. The Morgan fingerprint density at radius 2 is 2.26 bits per heavy atom. The minimum absolute atomic E-state index is 0.156. The molecule has 1 heterocycles. The molecule has 1 fully saturated rings. The number of rotatable bonds is 2. The number of carbonyl (C=O) groups is 1. The maximum absolute atomic E-state index is 12.9. The normalized spacial score (nSPS) is 24.2. The van der Waals surface area contributed by atoms with Crippen molar-refractivity contribution < 1.29 is 9.18 Å². The van der Waals surface area contributed by atoms with Crippen molar-refractivity contribution in [3.63, 3.8) is 0 Å². The Morgan fingerprint density at radius 1 is 1.53 bits per heavy atom. The molecule has 2 atom stereocenters. The molecule has 4 nitrogen and oxygen atoms in total. The highest BCUT2D eigenvalue weighted by molar-refractivity contribution is 5.99. The molecular formula is C14H20FN3O. The molecule has 2 unspecified atom stereocenters. The smallest absolute Gasteiger partial charge is 0.253 e. The van der Waals surface area contributed by atoms with Gasteiger partial charge in [-0.1, -0.05) is 0 Å². The van der Waals surface area contributed by atoms with Crippen molar-refractivity contribution in [1.82, 2.24) is 10.2 Å². The quantitative estimate of drug-likeness (QED) is 0.799. The van der Waals surface area contributed by atoms with Gasteiger partial charge < -0.3 is 16.0 Å². The summed E-state index contributed by atoms with van der Waals surface area (Å²) in [7, 11) is 2.08. The van der Waals surface area contributed by atoms with Crippen LogP contribution in [0.2, 0.25) is 0 Å². The van der Waals surface area contributed by atoms with E-state index in [4.69, 9.17) is 5.73 Å². The Morgan fingerprint density at radius 3 is 2.89 bits per heavy atom. The molecule has 2 rings (SSSR count). The van der Waals surface area contributed by atoms with E-state index in [9.17, 15) is 9.18 Å². The number of hydrogen-bond acceptors (Lipinski definition) is 3. The number of nitrogens with two attached hydrogens (primary N) is 1. The van der Waals surface area contributed by atoms with E-state index in [0.717, 1.165) is 19.4 Å². The number of nitrogens with zero attached hydrogens (tertiary/aromatic N) is 1. The van der Waals surface area contributed by atoms with Gasteiger partial charge in [0.1, 0.15) is 5.82 Å². The van der Waals surface area contributed by atoms with Crippen LogP contribution in [0.15, 0.2) is 18.2 Å². The molecule has 1 aliphatic heterocycles. The van der Waals surface area contributed by atoms with Gasteiger partial charge in [0.05, 0.1) is 5.56 Å². The predicted molar refractivity (Wildman–Crippen MR) is 73.4 cm³/mol. The summed E-state index contributed by atoms with van der Waals surface area (Å²) in [5.41, 5.74) is 6.19. The zero-order chi connectivity index (χ0) is 14.0. The van der Waals surface area contributed by atoms with Gasteiger partial charge in [0, 0.05) is 24.3 Å². The van der Waals surface area contributed by atoms with Crippen LogP contribution < -0.4 is 11.1 Å². The second kappa shape index (κ2) is 5.57. The lowest BCUT2D eigenvalue weighted by Gasteiger charge is -2.35. The fourth-order valence-corrected chi connectivity index (χ4v) is 2.42. The van der Waals surface area contributed by atoms with E-state index in [1.807, 2.05) is 0 Å². The first-order valence-electron chi connectivity index (χ1n) is 6.53. The van der Waals surface area contributed by atoms with Crippen molar-refractivity contribution >= 4 is 11.6 Å². The summed E-state index contributed by atoms with van der Waals surface area (Å²) in [4.78, 5) is 14.4. The molecule has 19 heavy (non-hydrogen) atoms. The van der Waals surface area contributed by atoms with Gasteiger partial charge >= 0.3 is 0 Å². The minimum atomic E-state index is -0.429. The number of likely N-dealkylation sites (tertiary alicyclic amines) is 1. The largest absolute Gasteiger partial charge is 0.398 e. The molecule has 1 aliphatic rings. The molecule has 0 aliphatic carbocycles. The lowest BCUT2D eigenvalue weighted by molar-refractivity contribution is 0.0897. The second-order valence-electron chi connectivity index (χ2n) is 5.26. The van der Waals surface area contributed by atoms with Gasteiger partial charge in [-0.15, -0.1) is 0 Å². The molecule has 104 valence electrons. The van der Waals surface area contributed by atoms with Crippen LogP contribution >= 0.6 is 0 Å². The Kier molecular flexibility index (Phi) is 4.04. The van der Waals surface area contributed by atoms with Crippen molar-refractivity contribution in [2.75, 3.05) is 19.3 Å². The highest BCUT2D eigenvalue weighted by atomic mass is 19.1. The molecule has 0 saturated carbocycles. The maximum Gasteiger partial charge on any atom is 0.253 e. The van der Waals surface area contributed by atoms with E-state index in [1.165, 1.54) is 18.2 Å². The number of amides is 1. The third kappa shape index (κ3) is 3.23. The van der Waals surface area contributed by atoms with E-state index in [2.05, 4.69) is 24.2 Å². The van der Waals surface area contributed by atoms with Crippen molar-refractivity contribution in [3.8, 4) is 0 Å². The second-order valence-corrected chi connectivity index (χ2v) is 5.26. The molecular weight excluding hydrogens is 245 g/mol. The standard InChI is InChI=1S/C14H20FN3O/c1-9-7-11(5-6-18(9)2)17-14(19)12-4-3-10(15)8-13(12)16/h3-4,8-9,11H,5-7,16H2,1-2H3,(H,17,19). The van der Waals surface area contributed by atoms with Crippen LogP contribution in [0.25, 0.3) is 0 Å². The van der Waals surface area contributed by atoms with E-state index in [0.29, 0.717) is 11.6 Å². The van der Waals surface area contributed by atoms with Gasteiger partial charge in [-0.2, -0.15) is 0 Å². The molecule has 3 N–H and O–H groups in total. The Balaban J connectivity index is 2.01. The Bertz CT molecular complexity index is 478. The summed E-state index contributed by atoms with van der Waals surface area (Å²) in [5, 5.41) is 2.98. The summed E-state index contributed by atoms with van der Waals surface area (Å²) in [6.07, 6.45) is 1.84. The average Bonchev–Trinajstić information content (AvgIpc) is 2.33. The van der Waals surface area contributed by atoms with Crippen LogP contribution in [-0.2, 0) is 0 Å². The molecule has 0 spiro atoms. The first kappa shape index (κ1) is 13.8. The van der Waals surface area contributed by atoms with Crippen LogP contribution in [0.3, 0.4) is 0 Å². The third-order valence-electron chi connectivity index (χ3n) is 3.80. The lowest BCUT2D eigenvalue weighted by Crippen LogP contribution is -2.47. The SMILES string of the molecule is CC1CC(NC(=O)c2ccc(F)cc2N)CCN1C. The molecule has 1 aromatic carbocycles. The van der Waals surface area contributed by atoms with Gasteiger partial charge in [0.25, 0.3) is 5.91 Å². The average molecular weight is 265 g/mol. The summed E-state index contributed by atoms with van der Waals surface area (Å²) in [5.74, 6) is -0.652. The summed E-state index contributed by atoms with van der Waals surface area (Å²) < 4.78 is 12.9. The lowest BCUT2D eigenvalue weighted by atomic mass is 9.98. The third-order valence-corrected chi connectivity index (χ3v) is 3.80. The number of nitrogens with one attached hydrogen (secondary N) is 1. The number of carbonyl (C=O) groups excluding carboxylic acids is 1. The van der Waals surface area contributed by atoms with Crippen LogP contribution in [-0.4, -0.2) is 36.5 Å². The zero-order valence-electron chi connectivity index (χ0n) is 11.3. The van der Waals surface area contributed by atoms with Crippen molar-refractivity contribution in [2.45, 2.75) is 31.8 Å². The van der Waals surface area contributed by atoms with Crippen molar-refractivity contribution in [2.24, 2.45) is 0 Å². The number of piperidine rings is 1. The Hall–Kier alpha value is -1.62. The van der Waals surface area contributed by atoms with Gasteiger partial charge in [-0.25, -0.2) is 4.39 Å². The number of nitrogen functional groups attached to an aromatic ring is 1. The number of anilines is 1. The highest BCUT2D eigenvalue weighted by Crippen LogP contribution is 2.18. The number of hydrogen-bond donors (Lipinski definition) is 2. The zero-order valence-corrected chi connectivity index (χ0v) is 11.3. The molecule has 1 amide bonds.